The zero-order valence-corrected chi connectivity index (χ0v) is 13.1. The Morgan fingerprint density at radius 1 is 0.773 bits per heavy atom. The molecule has 0 fully saturated rings. The lowest BCUT2D eigenvalue weighted by Crippen LogP contribution is -2.10. The molecule has 3 nitrogen and oxygen atoms in total. The maximum absolute atomic E-state index is 4.63. The fraction of sp³-hybridized carbons (Fsp3) is 0.211. The lowest BCUT2D eigenvalue weighted by atomic mass is 9.86. The van der Waals surface area contributed by atoms with Crippen LogP contribution >= 0.6 is 0 Å². The van der Waals surface area contributed by atoms with E-state index in [1.807, 2.05) is 30.3 Å². The zero-order valence-electron chi connectivity index (χ0n) is 13.1. The highest BCUT2D eigenvalue weighted by Gasteiger charge is 2.13. The number of rotatable bonds is 2. The zero-order chi connectivity index (χ0) is 15.6. The summed E-state index contributed by atoms with van der Waals surface area (Å²) in [6, 6.07) is 18.4. The van der Waals surface area contributed by atoms with Crippen molar-refractivity contribution in [1.82, 2.24) is 15.2 Å². The minimum atomic E-state index is 0.150. The Kier molecular flexibility index (Phi) is 3.72. The highest BCUT2D eigenvalue weighted by atomic mass is 15.1. The lowest BCUT2D eigenvalue weighted by molar-refractivity contribution is 0.590. The minimum absolute atomic E-state index is 0.150. The molecule has 0 saturated carbocycles. The molecule has 1 heterocycles. The lowest BCUT2D eigenvalue weighted by Gasteiger charge is -2.19. The van der Waals surface area contributed by atoms with Crippen molar-refractivity contribution in [3.8, 4) is 22.6 Å². The molecule has 0 saturated heterocycles. The second-order valence-corrected chi connectivity index (χ2v) is 6.36. The maximum atomic E-state index is 4.63. The van der Waals surface area contributed by atoms with Crippen LogP contribution in [-0.2, 0) is 5.41 Å². The van der Waals surface area contributed by atoms with Gasteiger partial charge in [0.2, 0.25) is 0 Å². The van der Waals surface area contributed by atoms with Crippen molar-refractivity contribution in [3.05, 3.63) is 66.4 Å². The van der Waals surface area contributed by atoms with Crippen LogP contribution in [0.4, 0.5) is 0 Å². The summed E-state index contributed by atoms with van der Waals surface area (Å²) in [7, 11) is 0. The van der Waals surface area contributed by atoms with Gasteiger partial charge in [-0.05, 0) is 11.0 Å². The largest absolute Gasteiger partial charge is 0.225 e. The molecule has 0 N–H and O–H groups in total. The summed E-state index contributed by atoms with van der Waals surface area (Å²) in [5.41, 5.74) is 4.33. The van der Waals surface area contributed by atoms with Gasteiger partial charge in [0.1, 0.15) is 0 Å². The van der Waals surface area contributed by atoms with Gasteiger partial charge in [-0.25, -0.2) is 4.98 Å². The van der Waals surface area contributed by atoms with E-state index in [-0.39, 0.29) is 5.41 Å². The quantitative estimate of drug-likeness (QED) is 0.697. The molecule has 2 aromatic carbocycles. The van der Waals surface area contributed by atoms with E-state index < -0.39 is 0 Å². The van der Waals surface area contributed by atoms with Crippen LogP contribution < -0.4 is 0 Å². The van der Waals surface area contributed by atoms with E-state index >= 15 is 0 Å². The Hall–Kier alpha value is -2.55. The molecule has 0 unspecified atom stereocenters. The van der Waals surface area contributed by atoms with Gasteiger partial charge in [0.05, 0.1) is 11.9 Å². The molecule has 22 heavy (non-hydrogen) atoms. The Morgan fingerprint density at radius 2 is 1.45 bits per heavy atom. The highest BCUT2D eigenvalue weighted by Crippen LogP contribution is 2.25. The molecule has 3 rings (SSSR count). The van der Waals surface area contributed by atoms with Gasteiger partial charge in [0, 0.05) is 11.1 Å². The van der Waals surface area contributed by atoms with Crippen molar-refractivity contribution >= 4 is 0 Å². The van der Waals surface area contributed by atoms with Crippen LogP contribution in [0.2, 0.25) is 0 Å². The van der Waals surface area contributed by atoms with E-state index in [0.29, 0.717) is 5.82 Å². The third kappa shape index (κ3) is 3.03. The van der Waals surface area contributed by atoms with Crippen LogP contribution in [0.3, 0.4) is 0 Å². The minimum Gasteiger partial charge on any atom is -0.225 e. The summed E-state index contributed by atoms with van der Waals surface area (Å²) in [6.07, 6.45) is 1.71. The van der Waals surface area contributed by atoms with Crippen molar-refractivity contribution in [3.63, 3.8) is 0 Å². The van der Waals surface area contributed by atoms with E-state index in [2.05, 4.69) is 60.2 Å². The Balaban J connectivity index is 1.96. The van der Waals surface area contributed by atoms with E-state index in [1.54, 1.807) is 6.20 Å². The van der Waals surface area contributed by atoms with Gasteiger partial charge in [-0.1, -0.05) is 75.4 Å². The van der Waals surface area contributed by atoms with Gasteiger partial charge in [-0.3, -0.25) is 0 Å². The third-order valence-corrected chi connectivity index (χ3v) is 3.64. The van der Waals surface area contributed by atoms with Gasteiger partial charge in [0.15, 0.2) is 5.82 Å². The summed E-state index contributed by atoms with van der Waals surface area (Å²) in [6.45, 7) is 6.63. The van der Waals surface area contributed by atoms with E-state index in [1.165, 1.54) is 5.56 Å². The second-order valence-electron chi connectivity index (χ2n) is 6.36. The molecule has 0 atom stereocenters. The number of hydrogen-bond donors (Lipinski definition) is 0. The fourth-order valence-electron chi connectivity index (χ4n) is 2.29. The molecule has 0 bridgehead atoms. The topological polar surface area (TPSA) is 38.7 Å². The average molecular weight is 289 g/mol. The molecular weight excluding hydrogens is 270 g/mol. The number of aromatic nitrogens is 3. The van der Waals surface area contributed by atoms with Crippen LogP contribution in [0.25, 0.3) is 22.6 Å². The monoisotopic (exact) mass is 289 g/mol. The Labute approximate surface area is 131 Å². The van der Waals surface area contributed by atoms with Crippen molar-refractivity contribution in [2.75, 3.05) is 0 Å². The molecule has 0 aliphatic rings. The predicted octanol–water partition coefficient (Wildman–Crippen LogP) is 4.50. The van der Waals surface area contributed by atoms with E-state index in [0.717, 1.165) is 16.8 Å². The molecule has 1 aromatic heterocycles. The first kappa shape index (κ1) is 14.4. The van der Waals surface area contributed by atoms with Crippen LogP contribution in [0, 0.1) is 0 Å². The summed E-state index contributed by atoms with van der Waals surface area (Å²) in [5.74, 6) is 0.651. The Morgan fingerprint density at radius 3 is 2.09 bits per heavy atom. The van der Waals surface area contributed by atoms with Gasteiger partial charge in [0.25, 0.3) is 0 Å². The van der Waals surface area contributed by atoms with Gasteiger partial charge >= 0.3 is 0 Å². The molecule has 0 spiro atoms. The van der Waals surface area contributed by atoms with Crippen molar-refractivity contribution in [1.29, 1.82) is 0 Å². The smallest absolute Gasteiger partial charge is 0.182 e. The molecule has 0 radical (unpaired) electrons. The Bertz CT molecular complexity index is 757. The SMILES string of the molecule is CC(C)(C)c1ccc(-c2cnnc(-c3ccccc3)n2)cc1. The molecule has 0 aliphatic carbocycles. The number of hydrogen-bond acceptors (Lipinski definition) is 3. The standard InChI is InChI=1S/C19H19N3/c1-19(2,3)16-11-9-14(10-12-16)17-13-20-22-18(21-17)15-7-5-4-6-8-15/h4-13H,1-3H3. The van der Waals surface area contributed by atoms with E-state index in [9.17, 15) is 0 Å². The molecule has 0 amide bonds. The molecule has 3 aromatic rings. The maximum Gasteiger partial charge on any atom is 0.182 e. The van der Waals surface area contributed by atoms with Crippen LogP contribution in [0.15, 0.2) is 60.8 Å². The molecular formula is C19H19N3. The third-order valence-electron chi connectivity index (χ3n) is 3.64. The number of benzene rings is 2. The second kappa shape index (κ2) is 5.68. The van der Waals surface area contributed by atoms with E-state index in [4.69, 9.17) is 0 Å². The fourth-order valence-corrected chi connectivity index (χ4v) is 2.29. The summed E-state index contributed by atoms with van der Waals surface area (Å²) in [4.78, 5) is 4.63. The predicted molar refractivity (Wildman–Crippen MR) is 89.4 cm³/mol. The average Bonchev–Trinajstić information content (AvgIpc) is 2.55. The first-order valence-electron chi connectivity index (χ1n) is 7.40. The van der Waals surface area contributed by atoms with Crippen LogP contribution in [0.1, 0.15) is 26.3 Å². The normalized spacial score (nSPS) is 11.4. The summed E-state index contributed by atoms with van der Waals surface area (Å²) < 4.78 is 0. The van der Waals surface area contributed by atoms with Crippen molar-refractivity contribution in [2.45, 2.75) is 26.2 Å². The first-order valence-corrected chi connectivity index (χ1v) is 7.40. The van der Waals surface area contributed by atoms with Gasteiger partial charge < -0.3 is 0 Å². The van der Waals surface area contributed by atoms with Crippen LogP contribution in [0.5, 0.6) is 0 Å². The molecule has 110 valence electrons. The number of nitrogens with zero attached hydrogens (tertiary/aromatic N) is 3. The van der Waals surface area contributed by atoms with Crippen molar-refractivity contribution in [2.24, 2.45) is 0 Å². The van der Waals surface area contributed by atoms with Crippen LogP contribution in [-0.4, -0.2) is 15.2 Å². The van der Waals surface area contributed by atoms with Crippen molar-refractivity contribution < 1.29 is 0 Å². The first-order chi connectivity index (χ1) is 10.5. The van der Waals surface area contributed by atoms with Gasteiger partial charge in [-0.15, -0.1) is 5.10 Å². The van der Waals surface area contributed by atoms with Gasteiger partial charge in [-0.2, -0.15) is 5.10 Å². The highest BCUT2D eigenvalue weighted by molar-refractivity contribution is 5.62. The molecule has 3 heteroatoms. The summed E-state index contributed by atoms with van der Waals surface area (Å²) >= 11 is 0. The molecule has 0 aliphatic heterocycles. The summed E-state index contributed by atoms with van der Waals surface area (Å²) in [5, 5.41) is 8.23.